The molecule has 1 heterocycles. The first kappa shape index (κ1) is 15.1. The Bertz CT molecular complexity index is 659. The van der Waals surface area contributed by atoms with Crippen LogP contribution < -0.4 is 5.32 Å². The molecule has 1 nitrogen and oxygen atoms in total. The van der Waals surface area contributed by atoms with Gasteiger partial charge >= 0.3 is 0 Å². The number of nitrogens with one attached hydrogen (secondary N) is 1. The Morgan fingerprint density at radius 3 is 2.27 bits per heavy atom. The monoisotopic (exact) mass is 293 g/mol. The number of hydrogen-bond donors (Lipinski definition) is 1. The van der Waals surface area contributed by atoms with Crippen molar-refractivity contribution >= 4 is 5.69 Å². The Hall–Kier alpha value is -1.76. The van der Waals surface area contributed by atoms with Crippen LogP contribution in [0.1, 0.15) is 68.8 Å². The minimum absolute atomic E-state index is 0.214. The number of anilines is 1. The van der Waals surface area contributed by atoms with Crippen molar-refractivity contribution in [1.29, 1.82) is 0 Å². The first-order valence-electron chi connectivity index (χ1n) is 8.34. The predicted octanol–water partition coefficient (Wildman–Crippen LogP) is 5.82. The maximum absolute atomic E-state index is 3.68. The van der Waals surface area contributed by atoms with Crippen molar-refractivity contribution < 1.29 is 0 Å². The molecule has 1 aliphatic rings. The molecule has 0 aromatic heterocycles. The van der Waals surface area contributed by atoms with E-state index in [1.807, 2.05) is 0 Å². The SMILES string of the molecule is CC(C)c1ccc(C2Cc3cc(C(C)(C)C)ccc3N2)cc1. The molecule has 116 valence electrons. The fraction of sp³-hybridized carbons (Fsp3) is 0.429. The fourth-order valence-corrected chi connectivity index (χ4v) is 3.14. The molecule has 1 heteroatoms. The van der Waals surface area contributed by atoms with Crippen molar-refractivity contribution in [2.45, 2.75) is 58.4 Å². The number of hydrogen-bond acceptors (Lipinski definition) is 1. The summed E-state index contributed by atoms with van der Waals surface area (Å²) in [5, 5.41) is 3.68. The Morgan fingerprint density at radius 2 is 1.68 bits per heavy atom. The zero-order valence-electron chi connectivity index (χ0n) is 14.4. The summed E-state index contributed by atoms with van der Waals surface area (Å²) in [5.41, 5.74) is 7.18. The molecule has 0 fully saturated rings. The first-order chi connectivity index (χ1) is 10.3. The summed E-state index contributed by atoms with van der Waals surface area (Å²) in [6.07, 6.45) is 1.08. The lowest BCUT2D eigenvalue weighted by molar-refractivity contribution is 0.589. The van der Waals surface area contributed by atoms with E-state index >= 15 is 0 Å². The first-order valence-corrected chi connectivity index (χ1v) is 8.34. The van der Waals surface area contributed by atoms with Crippen molar-refractivity contribution in [3.05, 3.63) is 64.7 Å². The van der Waals surface area contributed by atoms with E-state index < -0.39 is 0 Å². The molecule has 0 spiro atoms. The van der Waals surface area contributed by atoms with Gasteiger partial charge in [0, 0.05) is 5.69 Å². The predicted molar refractivity (Wildman–Crippen MR) is 95.7 cm³/mol. The molecule has 0 bridgehead atoms. The second kappa shape index (κ2) is 5.46. The molecule has 1 N–H and O–H groups in total. The van der Waals surface area contributed by atoms with E-state index in [1.165, 1.54) is 27.9 Å². The van der Waals surface area contributed by atoms with E-state index in [2.05, 4.69) is 82.4 Å². The third-order valence-electron chi connectivity index (χ3n) is 4.73. The van der Waals surface area contributed by atoms with Crippen LogP contribution in [0.25, 0.3) is 0 Å². The molecular formula is C21H27N. The maximum atomic E-state index is 3.68. The number of fused-ring (bicyclic) bond motifs is 1. The van der Waals surface area contributed by atoms with Gasteiger partial charge in [-0.25, -0.2) is 0 Å². The van der Waals surface area contributed by atoms with Crippen LogP contribution in [0.2, 0.25) is 0 Å². The minimum atomic E-state index is 0.214. The molecule has 1 aliphatic heterocycles. The lowest BCUT2D eigenvalue weighted by Crippen LogP contribution is -2.10. The fourth-order valence-electron chi connectivity index (χ4n) is 3.14. The zero-order chi connectivity index (χ0) is 15.9. The molecule has 0 radical (unpaired) electrons. The van der Waals surface area contributed by atoms with E-state index in [9.17, 15) is 0 Å². The van der Waals surface area contributed by atoms with Crippen molar-refractivity contribution in [2.75, 3.05) is 5.32 Å². The van der Waals surface area contributed by atoms with Crippen LogP contribution >= 0.6 is 0 Å². The van der Waals surface area contributed by atoms with E-state index in [4.69, 9.17) is 0 Å². The summed E-state index contributed by atoms with van der Waals surface area (Å²) < 4.78 is 0. The van der Waals surface area contributed by atoms with Gasteiger partial charge < -0.3 is 5.32 Å². The van der Waals surface area contributed by atoms with Gasteiger partial charge in [0.2, 0.25) is 0 Å². The van der Waals surface area contributed by atoms with E-state index in [1.54, 1.807) is 0 Å². The second-order valence-electron chi connectivity index (χ2n) is 7.84. The van der Waals surface area contributed by atoms with Gasteiger partial charge in [0.1, 0.15) is 0 Å². The Labute approximate surface area is 134 Å². The summed E-state index contributed by atoms with van der Waals surface area (Å²) in [6, 6.07) is 16.4. The van der Waals surface area contributed by atoms with E-state index in [0.29, 0.717) is 12.0 Å². The lowest BCUT2D eigenvalue weighted by Gasteiger charge is -2.19. The van der Waals surface area contributed by atoms with E-state index in [0.717, 1.165) is 6.42 Å². The Morgan fingerprint density at radius 1 is 1.00 bits per heavy atom. The molecule has 0 amide bonds. The molecule has 1 unspecified atom stereocenters. The summed E-state index contributed by atoms with van der Waals surface area (Å²) in [6.45, 7) is 11.3. The summed E-state index contributed by atoms with van der Waals surface area (Å²) in [5.74, 6) is 0.595. The van der Waals surface area contributed by atoms with Crippen LogP contribution in [0.4, 0.5) is 5.69 Å². The largest absolute Gasteiger partial charge is 0.378 e. The third kappa shape index (κ3) is 2.90. The molecule has 1 atom stereocenters. The van der Waals surface area contributed by atoms with Crippen LogP contribution in [0.15, 0.2) is 42.5 Å². The van der Waals surface area contributed by atoms with Gasteiger partial charge in [-0.15, -0.1) is 0 Å². The third-order valence-corrected chi connectivity index (χ3v) is 4.73. The minimum Gasteiger partial charge on any atom is -0.378 e. The van der Waals surface area contributed by atoms with Gasteiger partial charge in [-0.05, 0) is 46.1 Å². The standard InChI is InChI=1S/C21H27N/c1-14(2)15-6-8-16(9-7-15)20-13-17-12-18(21(3,4)5)10-11-19(17)22-20/h6-12,14,20,22H,13H2,1-5H3. The average Bonchev–Trinajstić information content (AvgIpc) is 2.89. The molecule has 0 aliphatic carbocycles. The van der Waals surface area contributed by atoms with Crippen molar-refractivity contribution in [1.82, 2.24) is 0 Å². The second-order valence-corrected chi connectivity index (χ2v) is 7.84. The molecule has 22 heavy (non-hydrogen) atoms. The topological polar surface area (TPSA) is 12.0 Å². The molecule has 3 rings (SSSR count). The van der Waals surface area contributed by atoms with Crippen molar-refractivity contribution in [2.24, 2.45) is 0 Å². The molecular weight excluding hydrogens is 266 g/mol. The highest BCUT2D eigenvalue weighted by atomic mass is 14.9. The highest BCUT2D eigenvalue weighted by Gasteiger charge is 2.24. The van der Waals surface area contributed by atoms with Crippen LogP contribution in [-0.4, -0.2) is 0 Å². The van der Waals surface area contributed by atoms with Crippen LogP contribution in [0, 0.1) is 0 Å². The zero-order valence-corrected chi connectivity index (χ0v) is 14.4. The van der Waals surface area contributed by atoms with Gasteiger partial charge in [0.05, 0.1) is 6.04 Å². The number of rotatable bonds is 2. The highest BCUT2D eigenvalue weighted by molar-refractivity contribution is 5.60. The van der Waals surface area contributed by atoms with Crippen molar-refractivity contribution in [3.8, 4) is 0 Å². The van der Waals surface area contributed by atoms with Crippen LogP contribution in [0.5, 0.6) is 0 Å². The van der Waals surface area contributed by atoms with E-state index in [-0.39, 0.29) is 5.41 Å². The van der Waals surface area contributed by atoms with Gasteiger partial charge in [0.25, 0.3) is 0 Å². The highest BCUT2D eigenvalue weighted by Crippen LogP contribution is 2.37. The molecule has 0 saturated heterocycles. The number of benzene rings is 2. The molecule has 2 aromatic rings. The quantitative estimate of drug-likeness (QED) is 0.736. The summed E-state index contributed by atoms with van der Waals surface area (Å²) in [7, 11) is 0. The van der Waals surface area contributed by atoms with Gasteiger partial charge in [-0.1, -0.05) is 71.0 Å². The van der Waals surface area contributed by atoms with Gasteiger partial charge in [-0.2, -0.15) is 0 Å². The Balaban J connectivity index is 1.82. The Kier molecular flexibility index (Phi) is 3.76. The maximum Gasteiger partial charge on any atom is 0.0555 e. The average molecular weight is 293 g/mol. The van der Waals surface area contributed by atoms with Gasteiger partial charge in [0.15, 0.2) is 0 Å². The molecule has 0 saturated carbocycles. The van der Waals surface area contributed by atoms with Crippen LogP contribution in [-0.2, 0) is 11.8 Å². The smallest absolute Gasteiger partial charge is 0.0555 e. The summed E-state index contributed by atoms with van der Waals surface area (Å²) in [4.78, 5) is 0. The van der Waals surface area contributed by atoms with Gasteiger partial charge in [-0.3, -0.25) is 0 Å². The lowest BCUT2D eigenvalue weighted by atomic mass is 9.85. The van der Waals surface area contributed by atoms with Crippen LogP contribution in [0.3, 0.4) is 0 Å². The van der Waals surface area contributed by atoms with Crippen molar-refractivity contribution in [3.63, 3.8) is 0 Å². The normalized spacial score (nSPS) is 17.5. The molecule has 2 aromatic carbocycles. The summed E-state index contributed by atoms with van der Waals surface area (Å²) >= 11 is 0.